The third-order valence-electron chi connectivity index (χ3n) is 4.50. The van der Waals surface area contributed by atoms with Gasteiger partial charge in [-0.2, -0.15) is 0 Å². The lowest BCUT2D eigenvalue weighted by molar-refractivity contribution is -0.113. The number of halogens is 2. The average molecular weight is 404 g/mol. The minimum Gasteiger partial charge on any atom is -0.366 e. The SMILES string of the molecule is NC(=O)C=Cc1c[nH]c2ncc(-c3ccc(C(=O)c4ccc(F)cn4)c(F)c3)cc12. The zero-order valence-corrected chi connectivity index (χ0v) is 15.4. The third kappa shape index (κ3) is 3.70. The Morgan fingerprint density at radius 1 is 1.00 bits per heavy atom. The Hall–Kier alpha value is -4.20. The first-order chi connectivity index (χ1) is 14.4. The Morgan fingerprint density at radius 2 is 1.83 bits per heavy atom. The van der Waals surface area contributed by atoms with E-state index in [1.165, 1.54) is 24.3 Å². The molecule has 0 aliphatic carbocycles. The number of carbonyl (C=O) groups is 2. The summed E-state index contributed by atoms with van der Waals surface area (Å²) in [6.45, 7) is 0. The number of benzene rings is 1. The number of nitrogens with two attached hydrogens (primary N) is 1. The predicted molar refractivity (Wildman–Crippen MR) is 107 cm³/mol. The number of H-pyrrole nitrogens is 1. The molecule has 0 saturated carbocycles. The van der Waals surface area contributed by atoms with Crippen molar-refractivity contribution >= 4 is 28.8 Å². The van der Waals surface area contributed by atoms with Gasteiger partial charge in [0.1, 0.15) is 23.0 Å². The number of carbonyl (C=O) groups excluding carboxylic acids is 2. The largest absolute Gasteiger partial charge is 0.366 e. The van der Waals surface area contributed by atoms with Crippen LogP contribution in [0.15, 0.2) is 61.1 Å². The summed E-state index contributed by atoms with van der Waals surface area (Å²) in [5, 5.41) is 0.723. The van der Waals surface area contributed by atoms with Gasteiger partial charge in [0, 0.05) is 35.0 Å². The first-order valence-electron chi connectivity index (χ1n) is 8.83. The summed E-state index contributed by atoms with van der Waals surface area (Å²) in [7, 11) is 0. The van der Waals surface area contributed by atoms with Gasteiger partial charge in [-0.25, -0.2) is 18.7 Å². The summed E-state index contributed by atoms with van der Waals surface area (Å²) in [5.74, 6) is -2.53. The molecule has 0 unspecified atom stereocenters. The fraction of sp³-hybridized carbons (Fsp3) is 0. The first-order valence-corrected chi connectivity index (χ1v) is 8.83. The van der Waals surface area contributed by atoms with Crippen molar-refractivity contribution in [3.05, 3.63) is 89.5 Å². The Labute approximate surface area is 169 Å². The van der Waals surface area contributed by atoms with Gasteiger partial charge < -0.3 is 10.7 Å². The van der Waals surface area contributed by atoms with Crippen LogP contribution in [0.25, 0.3) is 28.2 Å². The van der Waals surface area contributed by atoms with Gasteiger partial charge >= 0.3 is 0 Å². The molecule has 8 heteroatoms. The summed E-state index contributed by atoms with van der Waals surface area (Å²) in [6.07, 6.45) is 6.95. The smallest absolute Gasteiger partial charge is 0.241 e. The summed E-state index contributed by atoms with van der Waals surface area (Å²) < 4.78 is 27.7. The molecule has 3 heterocycles. The fourth-order valence-corrected chi connectivity index (χ4v) is 3.02. The second kappa shape index (κ2) is 7.67. The molecular formula is C22H14F2N4O2. The maximum atomic E-state index is 14.7. The molecule has 4 aromatic rings. The van der Waals surface area contributed by atoms with Crippen molar-refractivity contribution in [2.75, 3.05) is 0 Å². The van der Waals surface area contributed by atoms with Crippen molar-refractivity contribution < 1.29 is 18.4 Å². The quantitative estimate of drug-likeness (QED) is 0.392. The number of aromatic nitrogens is 3. The van der Waals surface area contributed by atoms with Gasteiger partial charge in [-0.1, -0.05) is 6.07 Å². The zero-order valence-electron chi connectivity index (χ0n) is 15.4. The molecule has 0 atom stereocenters. The lowest BCUT2D eigenvalue weighted by Crippen LogP contribution is -2.06. The number of primary amides is 1. The second-order valence-corrected chi connectivity index (χ2v) is 6.49. The summed E-state index contributed by atoms with van der Waals surface area (Å²) in [6, 6.07) is 8.26. The normalized spacial score (nSPS) is 11.3. The first kappa shape index (κ1) is 19.1. The Balaban J connectivity index is 1.69. The van der Waals surface area contributed by atoms with Crippen molar-refractivity contribution in [1.82, 2.24) is 15.0 Å². The molecule has 1 amide bonds. The minimum absolute atomic E-state index is 0.0515. The van der Waals surface area contributed by atoms with Crippen LogP contribution in [0, 0.1) is 11.6 Å². The predicted octanol–water partition coefficient (Wildman–Crippen LogP) is 3.63. The number of aromatic amines is 1. The van der Waals surface area contributed by atoms with Crippen LogP contribution in [0.1, 0.15) is 21.6 Å². The van der Waals surface area contributed by atoms with Crippen LogP contribution in [0.4, 0.5) is 8.78 Å². The van der Waals surface area contributed by atoms with Gasteiger partial charge in [-0.3, -0.25) is 9.59 Å². The molecule has 30 heavy (non-hydrogen) atoms. The fourth-order valence-electron chi connectivity index (χ4n) is 3.02. The van der Waals surface area contributed by atoms with Crippen molar-refractivity contribution in [2.24, 2.45) is 5.73 Å². The number of pyridine rings is 2. The number of rotatable bonds is 5. The lowest BCUT2D eigenvalue weighted by atomic mass is 10.0. The molecule has 0 spiro atoms. The van der Waals surface area contributed by atoms with Crippen LogP contribution in [-0.4, -0.2) is 26.6 Å². The highest BCUT2D eigenvalue weighted by Crippen LogP contribution is 2.27. The van der Waals surface area contributed by atoms with E-state index in [0.29, 0.717) is 22.3 Å². The standard InChI is InChI=1S/C22H14F2N4O2/c23-15-3-5-19(26-11-15)21(30)16-4-1-12(8-18(16)24)14-7-17-13(2-6-20(25)29)9-27-22(17)28-10-14/h1-11H,(H2,25,29)(H,27,28). The van der Waals surface area contributed by atoms with Gasteiger partial charge in [-0.05, 0) is 42.0 Å². The molecule has 0 radical (unpaired) electrons. The van der Waals surface area contributed by atoms with Crippen LogP contribution in [0.2, 0.25) is 0 Å². The van der Waals surface area contributed by atoms with Gasteiger partial charge in [0.15, 0.2) is 0 Å². The summed E-state index contributed by atoms with van der Waals surface area (Å²) in [4.78, 5) is 34.4. The lowest BCUT2D eigenvalue weighted by Gasteiger charge is -2.06. The van der Waals surface area contributed by atoms with Crippen LogP contribution in [0.5, 0.6) is 0 Å². The zero-order chi connectivity index (χ0) is 21.3. The second-order valence-electron chi connectivity index (χ2n) is 6.49. The number of fused-ring (bicyclic) bond motifs is 1. The molecule has 0 fully saturated rings. The van der Waals surface area contributed by atoms with Gasteiger partial charge in [0.2, 0.25) is 11.7 Å². The van der Waals surface area contributed by atoms with Crippen LogP contribution in [-0.2, 0) is 4.79 Å². The van der Waals surface area contributed by atoms with Crippen molar-refractivity contribution in [3.63, 3.8) is 0 Å². The van der Waals surface area contributed by atoms with E-state index in [1.807, 2.05) is 0 Å². The van der Waals surface area contributed by atoms with Crippen molar-refractivity contribution in [1.29, 1.82) is 0 Å². The molecule has 3 aromatic heterocycles. The third-order valence-corrected chi connectivity index (χ3v) is 4.50. The van der Waals surface area contributed by atoms with E-state index in [4.69, 9.17) is 5.73 Å². The minimum atomic E-state index is -0.730. The van der Waals surface area contributed by atoms with Gasteiger partial charge in [0.05, 0.1) is 11.8 Å². The van der Waals surface area contributed by atoms with E-state index < -0.39 is 23.3 Å². The molecule has 0 saturated heterocycles. The highest BCUT2D eigenvalue weighted by molar-refractivity contribution is 6.08. The highest BCUT2D eigenvalue weighted by atomic mass is 19.1. The summed E-state index contributed by atoms with van der Waals surface area (Å²) >= 11 is 0. The van der Waals surface area contributed by atoms with Crippen LogP contribution in [0.3, 0.4) is 0 Å². The van der Waals surface area contributed by atoms with Crippen LogP contribution < -0.4 is 5.73 Å². The summed E-state index contributed by atoms with van der Waals surface area (Å²) in [5.41, 5.74) is 7.34. The maximum absolute atomic E-state index is 14.7. The maximum Gasteiger partial charge on any atom is 0.241 e. The molecule has 4 rings (SSSR count). The molecule has 0 aliphatic rings. The molecule has 3 N–H and O–H groups in total. The molecule has 6 nitrogen and oxygen atoms in total. The van der Waals surface area contributed by atoms with Gasteiger partial charge in [-0.15, -0.1) is 0 Å². The van der Waals surface area contributed by atoms with E-state index >= 15 is 0 Å². The molecular weight excluding hydrogens is 390 g/mol. The monoisotopic (exact) mass is 404 g/mol. The van der Waals surface area contributed by atoms with E-state index in [1.54, 1.807) is 30.6 Å². The highest BCUT2D eigenvalue weighted by Gasteiger charge is 2.16. The van der Waals surface area contributed by atoms with Crippen LogP contribution >= 0.6 is 0 Å². The van der Waals surface area contributed by atoms with Crippen molar-refractivity contribution in [2.45, 2.75) is 0 Å². The molecule has 0 aliphatic heterocycles. The Morgan fingerprint density at radius 3 is 2.53 bits per heavy atom. The van der Waals surface area contributed by atoms with E-state index in [2.05, 4.69) is 15.0 Å². The van der Waals surface area contributed by atoms with E-state index in [-0.39, 0.29) is 11.3 Å². The average Bonchev–Trinajstić information content (AvgIpc) is 3.14. The number of hydrogen-bond donors (Lipinski definition) is 2. The van der Waals surface area contributed by atoms with Crippen molar-refractivity contribution in [3.8, 4) is 11.1 Å². The Bertz CT molecular complexity index is 1310. The number of nitrogens with one attached hydrogen (secondary N) is 1. The number of amides is 1. The van der Waals surface area contributed by atoms with E-state index in [9.17, 15) is 18.4 Å². The molecule has 1 aromatic carbocycles. The molecule has 0 bridgehead atoms. The number of nitrogens with zero attached hydrogens (tertiary/aromatic N) is 2. The molecule has 148 valence electrons. The van der Waals surface area contributed by atoms with Gasteiger partial charge in [0.25, 0.3) is 0 Å². The topological polar surface area (TPSA) is 102 Å². The number of hydrogen-bond acceptors (Lipinski definition) is 4. The van der Waals surface area contributed by atoms with E-state index in [0.717, 1.165) is 17.6 Å². The number of ketones is 1. The Kier molecular flexibility index (Phi) is 4.89.